The summed E-state index contributed by atoms with van der Waals surface area (Å²) < 4.78 is 17.3. The molecular weight excluding hydrogens is 449 g/mol. The number of rotatable bonds is 11. The van der Waals surface area contributed by atoms with E-state index in [2.05, 4.69) is 11.6 Å². The number of carbonyl (C=O) groups excluding carboxylic acids is 1. The number of hydrogen-bond donors (Lipinski definition) is 0. The summed E-state index contributed by atoms with van der Waals surface area (Å²) in [4.78, 5) is 17.2. The monoisotopic (exact) mass is 471 g/mol. The van der Waals surface area contributed by atoms with Gasteiger partial charge in [0.05, 0.1) is 29.3 Å². The number of nitrogens with zero attached hydrogens (tertiary/aromatic N) is 1. The Balaban J connectivity index is 1.94. The molecule has 0 saturated carbocycles. The number of methoxy groups -OCH3 is 1. The number of hydrogen-bond acceptors (Lipinski definition) is 5. The first-order chi connectivity index (χ1) is 15.5. The van der Waals surface area contributed by atoms with Gasteiger partial charge in [-0.05, 0) is 17.7 Å². The van der Waals surface area contributed by atoms with Crippen molar-refractivity contribution >= 4 is 29.0 Å². The molecule has 3 rings (SSSR count). The van der Waals surface area contributed by atoms with Crippen molar-refractivity contribution in [3.8, 4) is 17.2 Å². The minimum atomic E-state index is -0.221. The summed E-state index contributed by atoms with van der Waals surface area (Å²) in [7, 11) is 1.53. The van der Waals surface area contributed by atoms with Gasteiger partial charge in [0.25, 0.3) is 0 Å². The highest BCUT2D eigenvalue weighted by Crippen LogP contribution is 2.41. The third-order valence-electron chi connectivity index (χ3n) is 4.71. The number of pyridine rings is 1. The molecule has 0 radical (unpaired) electrons. The second kappa shape index (κ2) is 11.6. The van der Waals surface area contributed by atoms with Gasteiger partial charge in [0, 0.05) is 30.8 Å². The molecule has 0 spiro atoms. The maximum atomic E-state index is 13.3. The number of ketones is 1. The molecule has 0 bridgehead atoms. The highest BCUT2D eigenvalue weighted by molar-refractivity contribution is 6.36. The Bertz CT molecular complexity index is 1070. The predicted molar refractivity (Wildman–Crippen MR) is 127 cm³/mol. The van der Waals surface area contributed by atoms with Crippen molar-refractivity contribution in [2.24, 2.45) is 0 Å². The fraction of sp³-hybridized carbons (Fsp3) is 0.200. The van der Waals surface area contributed by atoms with E-state index in [0.29, 0.717) is 51.4 Å². The van der Waals surface area contributed by atoms with E-state index in [1.807, 2.05) is 30.3 Å². The summed E-state index contributed by atoms with van der Waals surface area (Å²) in [5, 5.41) is 0.656. The van der Waals surface area contributed by atoms with Crippen molar-refractivity contribution < 1.29 is 19.0 Å². The topological polar surface area (TPSA) is 57.7 Å². The Morgan fingerprint density at radius 1 is 1.03 bits per heavy atom. The summed E-state index contributed by atoms with van der Waals surface area (Å²) in [6.07, 6.45) is 5.18. The normalized spacial score (nSPS) is 10.5. The number of ether oxygens (including phenoxy) is 3. The van der Waals surface area contributed by atoms with Gasteiger partial charge in [-0.15, -0.1) is 0 Å². The van der Waals surface area contributed by atoms with Crippen molar-refractivity contribution in [3.63, 3.8) is 0 Å². The third-order valence-corrected chi connectivity index (χ3v) is 5.36. The molecule has 0 unspecified atom stereocenters. The molecule has 3 aromatic rings. The molecule has 1 aromatic heterocycles. The Labute approximate surface area is 197 Å². The van der Waals surface area contributed by atoms with Crippen molar-refractivity contribution in [2.45, 2.75) is 12.8 Å². The number of aromatic nitrogens is 1. The van der Waals surface area contributed by atoms with E-state index in [1.165, 1.54) is 19.5 Å². The number of halogens is 2. The summed E-state index contributed by atoms with van der Waals surface area (Å²) >= 11 is 12.4. The SMILES string of the molecule is C=CCOc1c(OC)ccc(C(=O)Cc2c(Cl)cncc2Cl)c1OCCc1ccccc1. The van der Waals surface area contributed by atoms with Gasteiger partial charge in [-0.25, -0.2) is 0 Å². The van der Waals surface area contributed by atoms with Crippen LogP contribution < -0.4 is 14.2 Å². The van der Waals surface area contributed by atoms with E-state index in [-0.39, 0.29) is 18.8 Å². The molecule has 7 heteroatoms. The fourth-order valence-corrected chi connectivity index (χ4v) is 3.62. The van der Waals surface area contributed by atoms with Gasteiger partial charge in [-0.1, -0.05) is 66.2 Å². The number of benzene rings is 2. The summed E-state index contributed by atoms with van der Waals surface area (Å²) in [6, 6.07) is 13.3. The average molecular weight is 472 g/mol. The zero-order valence-electron chi connectivity index (χ0n) is 17.6. The molecule has 0 saturated heterocycles. The number of carbonyl (C=O) groups is 1. The van der Waals surface area contributed by atoms with Crippen LogP contribution in [0.5, 0.6) is 17.2 Å². The lowest BCUT2D eigenvalue weighted by molar-refractivity contribution is 0.0988. The summed E-state index contributed by atoms with van der Waals surface area (Å²) in [5.74, 6) is 0.894. The lowest BCUT2D eigenvalue weighted by atomic mass is 10.0. The molecule has 166 valence electrons. The Hall–Kier alpha value is -3.02. The molecule has 0 N–H and O–H groups in total. The van der Waals surface area contributed by atoms with Gasteiger partial charge in [-0.3, -0.25) is 9.78 Å². The molecule has 0 aliphatic rings. The van der Waals surface area contributed by atoms with Gasteiger partial charge >= 0.3 is 0 Å². The van der Waals surface area contributed by atoms with E-state index >= 15 is 0 Å². The maximum absolute atomic E-state index is 13.3. The lowest BCUT2D eigenvalue weighted by Gasteiger charge is -2.18. The van der Waals surface area contributed by atoms with E-state index < -0.39 is 0 Å². The molecule has 0 fully saturated rings. The summed E-state index contributed by atoms with van der Waals surface area (Å²) in [6.45, 7) is 4.26. The molecule has 0 aliphatic heterocycles. The molecule has 0 atom stereocenters. The molecule has 0 amide bonds. The van der Waals surface area contributed by atoms with Crippen molar-refractivity contribution in [1.29, 1.82) is 0 Å². The minimum Gasteiger partial charge on any atom is -0.493 e. The van der Waals surface area contributed by atoms with Gasteiger partial charge in [0.15, 0.2) is 17.3 Å². The molecular formula is C25H23Cl2NO4. The first-order valence-electron chi connectivity index (χ1n) is 9.97. The van der Waals surface area contributed by atoms with Crippen LogP contribution in [0.2, 0.25) is 10.0 Å². The van der Waals surface area contributed by atoms with Crippen LogP contribution in [0.4, 0.5) is 0 Å². The zero-order valence-corrected chi connectivity index (χ0v) is 19.2. The standard InChI is InChI=1S/C25H23Cl2NO4/c1-3-12-31-25-23(30-2)10-9-18(22(29)14-19-20(26)15-28-16-21(19)27)24(25)32-13-11-17-7-5-4-6-8-17/h3-10,15-16H,1,11-14H2,2H3. The third kappa shape index (κ3) is 5.81. The van der Waals surface area contributed by atoms with Crippen LogP contribution in [0.15, 0.2) is 67.5 Å². The largest absolute Gasteiger partial charge is 0.493 e. The second-order valence-electron chi connectivity index (χ2n) is 6.84. The van der Waals surface area contributed by atoms with Crippen molar-refractivity contribution in [2.75, 3.05) is 20.3 Å². The van der Waals surface area contributed by atoms with E-state index in [0.717, 1.165) is 5.56 Å². The molecule has 5 nitrogen and oxygen atoms in total. The zero-order chi connectivity index (χ0) is 22.9. The van der Waals surface area contributed by atoms with Gasteiger partial charge in [0.2, 0.25) is 5.75 Å². The molecule has 32 heavy (non-hydrogen) atoms. The van der Waals surface area contributed by atoms with Crippen LogP contribution in [0.25, 0.3) is 0 Å². The van der Waals surface area contributed by atoms with Crippen molar-refractivity contribution in [1.82, 2.24) is 4.98 Å². The molecule has 1 heterocycles. The van der Waals surface area contributed by atoms with Crippen LogP contribution in [-0.4, -0.2) is 31.1 Å². The van der Waals surface area contributed by atoms with Crippen molar-refractivity contribution in [3.05, 3.63) is 94.2 Å². The van der Waals surface area contributed by atoms with Gasteiger partial charge in [0.1, 0.15) is 6.61 Å². The maximum Gasteiger partial charge on any atom is 0.204 e. The average Bonchev–Trinajstić information content (AvgIpc) is 2.80. The predicted octanol–water partition coefficient (Wildman–Crippen LogP) is 6.01. The van der Waals surface area contributed by atoms with Crippen LogP contribution >= 0.6 is 23.2 Å². The lowest BCUT2D eigenvalue weighted by Crippen LogP contribution is -2.12. The molecule has 2 aromatic carbocycles. The quantitative estimate of drug-likeness (QED) is 0.253. The van der Waals surface area contributed by atoms with E-state index in [1.54, 1.807) is 18.2 Å². The number of Topliss-reactive ketones (excluding diaryl/α,β-unsaturated/α-hetero) is 1. The van der Waals surface area contributed by atoms with Crippen LogP contribution in [0, 0.1) is 0 Å². The Kier molecular flexibility index (Phi) is 8.54. The van der Waals surface area contributed by atoms with Crippen LogP contribution in [0.3, 0.4) is 0 Å². The fourth-order valence-electron chi connectivity index (χ4n) is 3.13. The van der Waals surface area contributed by atoms with Gasteiger partial charge < -0.3 is 14.2 Å². The highest BCUT2D eigenvalue weighted by atomic mass is 35.5. The first kappa shape index (κ1) is 23.6. The smallest absolute Gasteiger partial charge is 0.204 e. The second-order valence-corrected chi connectivity index (χ2v) is 7.65. The Morgan fingerprint density at radius 3 is 2.41 bits per heavy atom. The summed E-state index contributed by atoms with van der Waals surface area (Å²) in [5.41, 5.74) is 1.97. The van der Waals surface area contributed by atoms with Crippen LogP contribution in [-0.2, 0) is 12.8 Å². The minimum absolute atomic E-state index is 0.0114. The van der Waals surface area contributed by atoms with E-state index in [9.17, 15) is 4.79 Å². The van der Waals surface area contributed by atoms with Crippen LogP contribution in [0.1, 0.15) is 21.5 Å². The first-order valence-corrected chi connectivity index (χ1v) is 10.7. The Morgan fingerprint density at radius 2 is 1.75 bits per heavy atom. The molecule has 0 aliphatic carbocycles. The van der Waals surface area contributed by atoms with E-state index in [4.69, 9.17) is 37.4 Å². The van der Waals surface area contributed by atoms with Gasteiger partial charge in [-0.2, -0.15) is 0 Å². The highest BCUT2D eigenvalue weighted by Gasteiger charge is 2.23.